The monoisotopic (exact) mass is 269 g/mol. The van der Waals surface area contributed by atoms with Crippen molar-refractivity contribution >= 4 is 0 Å². The summed E-state index contributed by atoms with van der Waals surface area (Å²) >= 11 is 0. The molecule has 2 heterocycles. The van der Waals surface area contributed by atoms with Crippen molar-refractivity contribution in [1.29, 1.82) is 0 Å². The molecular weight excluding hydrogens is 250 g/mol. The Bertz CT molecular complexity index is 636. The molecule has 20 heavy (non-hydrogen) atoms. The summed E-state index contributed by atoms with van der Waals surface area (Å²) in [5.41, 5.74) is 4.32. The maximum Gasteiger partial charge on any atom is 0.134 e. The van der Waals surface area contributed by atoms with Crippen molar-refractivity contribution < 1.29 is 4.74 Å². The van der Waals surface area contributed by atoms with Gasteiger partial charge in [0.15, 0.2) is 0 Å². The molecule has 0 unspecified atom stereocenters. The average molecular weight is 269 g/mol. The van der Waals surface area contributed by atoms with Gasteiger partial charge >= 0.3 is 0 Å². The molecule has 0 aliphatic carbocycles. The second kappa shape index (κ2) is 5.21. The van der Waals surface area contributed by atoms with E-state index in [2.05, 4.69) is 36.3 Å². The number of benzene rings is 1. The van der Waals surface area contributed by atoms with Crippen molar-refractivity contribution in [3.8, 4) is 17.0 Å². The summed E-state index contributed by atoms with van der Waals surface area (Å²) in [5, 5.41) is 3.26. The van der Waals surface area contributed by atoms with E-state index in [0.717, 1.165) is 41.5 Å². The molecule has 104 valence electrons. The molecule has 0 bridgehead atoms. The van der Waals surface area contributed by atoms with Crippen LogP contribution < -0.4 is 10.1 Å². The Morgan fingerprint density at radius 3 is 2.70 bits per heavy atom. The standard InChI is InChI=1S/C16H19N3O/c1-10-6-11(2)15(20-3)13(7-10)14-4-5-18-16(19-14)12-8-17-9-12/h4-7,12,17H,8-9H2,1-3H3. The van der Waals surface area contributed by atoms with Crippen LogP contribution in [-0.2, 0) is 0 Å². The highest BCUT2D eigenvalue weighted by molar-refractivity contribution is 5.70. The summed E-state index contributed by atoms with van der Waals surface area (Å²) in [5.74, 6) is 2.25. The molecule has 1 aliphatic rings. The van der Waals surface area contributed by atoms with Gasteiger partial charge in [0.25, 0.3) is 0 Å². The number of hydrogen-bond acceptors (Lipinski definition) is 4. The molecule has 1 aromatic heterocycles. The summed E-state index contributed by atoms with van der Waals surface area (Å²) in [6, 6.07) is 6.20. The van der Waals surface area contributed by atoms with Crippen molar-refractivity contribution in [1.82, 2.24) is 15.3 Å². The Morgan fingerprint density at radius 1 is 1.25 bits per heavy atom. The van der Waals surface area contributed by atoms with Crippen molar-refractivity contribution in [2.75, 3.05) is 20.2 Å². The molecule has 4 nitrogen and oxygen atoms in total. The first kappa shape index (κ1) is 13.1. The zero-order chi connectivity index (χ0) is 14.1. The number of ether oxygens (including phenoxy) is 1. The van der Waals surface area contributed by atoms with Gasteiger partial charge in [0.2, 0.25) is 0 Å². The van der Waals surface area contributed by atoms with Gasteiger partial charge in [0.05, 0.1) is 12.8 Å². The maximum absolute atomic E-state index is 5.55. The maximum atomic E-state index is 5.55. The number of nitrogens with zero attached hydrogens (tertiary/aromatic N) is 2. The number of aromatic nitrogens is 2. The topological polar surface area (TPSA) is 47.0 Å². The lowest BCUT2D eigenvalue weighted by molar-refractivity contribution is 0.412. The molecular formula is C16H19N3O. The Labute approximate surface area is 119 Å². The minimum Gasteiger partial charge on any atom is -0.496 e. The van der Waals surface area contributed by atoms with Gasteiger partial charge in [-0.1, -0.05) is 6.07 Å². The van der Waals surface area contributed by atoms with Crippen molar-refractivity contribution in [2.45, 2.75) is 19.8 Å². The third kappa shape index (κ3) is 2.27. The van der Waals surface area contributed by atoms with Crippen molar-refractivity contribution in [3.63, 3.8) is 0 Å². The van der Waals surface area contributed by atoms with Crippen LogP contribution in [0.1, 0.15) is 22.9 Å². The van der Waals surface area contributed by atoms with E-state index >= 15 is 0 Å². The normalized spacial score (nSPS) is 14.9. The van der Waals surface area contributed by atoms with Gasteiger partial charge in [-0.15, -0.1) is 0 Å². The van der Waals surface area contributed by atoms with Crippen molar-refractivity contribution in [2.24, 2.45) is 0 Å². The van der Waals surface area contributed by atoms with Gasteiger partial charge in [0.1, 0.15) is 11.6 Å². The van der Waals surface area contributed by atoms with E-state index in [1.54, 1.807) is 7.11 Å². The summed E-state index contributed by atoms with van der Waals surface area (Å²) in [4.78, 5) is 9.12. The number of nitrogens with one attached hydrogen (secondary N) is 1. The Balaban J connectivity index is 2.08. The molecule has 0 amide bonds. The molecule has 1 N–H and O–H groups in total. The van der Waals surface area contributed by atoms with Gasteiger partial charge in [-0.3, -0.25) is 0 Å². The largest absolute Gasteiger partial charge is 0.496 e. The molecule has 0 atom stereocenters. The Morgan fingerprint density at radius 2 is 2.05 bits per heavy atom. The van der Waals surface area contributed by atoms with Crippen LogP contribution in [0.2, 0.25) is 0 Å². The van der Waals surface area contributed by atoms with Crippen LogP contribution in [0.15, 0.2) is 24.4 Å². The summed E-state index contributed by atoms with van der Waals surface area (Å²) in [6.45, 7) is 6.09. The minimum absolute atomic E-state index is 0.437. The molecule has 1 saturated heterocycles. The molecule has 0 spiro atoms. The van der Waals surface area contributed by atoms with Gasteiger partial charge in [-0.05, 0) is 37.1 Å². The molecule has 0 saturated carbocycles. The highest BCUT2D eigenvalue weighted by atomic mass is 16.5. The number of methoxy groups -OCH3 is 1. The second-order valence-corrected chi connectivity index (χ2v) is 5.32. The van der Waals surface area contributed by atoms with E-state index in [1.165, 1.54) is 5.56 Å². The van der Waals surface area contributed by atoms with Crippen LogP contribution in [0, 0.1) is 13.8 Å². The molecule has 1 aliphatic heterocycles. The quantitative estimate of drug-likeness (QED) is 0.929. The van der Waals surface area contributed by atoms with E-state index < -0.39 is 0 Å². The lowest BCUT2D eigenvalue weighted by Gasteiger charge is -2.25. The fraction of sp³-hybridized carbons (Fsp3) is 0.375. The molecule has 3 rings (SSSR count). The predicted octanol–water partition coefficient (Wildman–Crippen LogP) is 2.46. The van der Waals surface area contributed by atoms with E-state index in [4.69, 9.17) is 9.72 Å². The fourth-order valence-corrected chi connectivity index (χ4v) is 2.61. The third-order valence-electron chi connectivity index (χ3n) is 3.72. The van der Waals surface area contributed by atoms with Gasteiger partial charge < -0.3 is 10.1 Å². The number of aryl methyl sites for hydroxylation is 2. The molecule has 1 aromatic carbocycles. The lowest BCUT2D eigenvalue weighted by Crippen LogP contribution is -2.40. The zero-order valence-corrected chi connectivity index (χ0v) is 12.1. The van der Waals surface area contributed by atoms with Crippen LogP contribution >= 0.6 is 0 Å². The Hall–Kier alpha value is -1.94. The van der Waals surface area contributed by atoms with E-state index in [-0.39, 0.29) is 0 Å². The van der Waals surface area contributed by atoms with Gasteiger partial charge in [-0.25, -0.2) is 9.97 Å². The molecule has 0 radical (unpaired) electrons. The molecule has 4 heteroatoms. The van der Waals surface area contributed by atoms with E-state index in [0.29, 0.717) is 5.92 Å². The predicted molar refractivity (Wildman–Crippen MR) is 79.1 cm³/mol. The number of hydrogen-bond donors (Lipinski definition) is 1. The average Bonchev–Trinajstić information content (AvgIpc) is 2.36. The lowest BCUT2D eigenvalue weighted by atomic mass is 10.0. The smallest absolute Gasteiger partial charge is 0.134 e. The van der Waals surface area contributed by atoms with Crippen LogP contribution in [0.25, 0.3) is 11.3 Å². The third-order valence-corrected chi connectivity index (χ3v) is 3.72. The first-order chi connectivity index (χ1) is 9.69. The Kier molecular flexibility index (Phi) is 3.40. The summed E-state index contributed by atoms with van der Waals surface area (Å²) in [7, 11) is 1.71. The molecule has 2 aromatic rings. The number of rotatable bonds is 3. The van der Waals surface area contributed by atoms with Crippen LogP contribution in [0.3, 0.4) is 0 Å². The summed E-state index contributed by atoms with van der Waals surface area (Å²) < 4.78 is 5.55. The van der Waals surface area contributed by atoms with E-state index in [9.17, 15) is 0 Å². The fourth-order valence-electron chi connectivity index (χ4n) is 2.61. The first-order valence-electron chi connectivity index (χ1n) is 6.88. The van der Waals surface area contributed by atoms with Gasteiger partial charge in [-0.2, -0.15) is 0 Å². The highest BCUT2D eigenvalue weighted by Gasteiger charge is 2.22. The van der Waals surface area contributed by atoms with Gasteiger partial charge in [0, 0.05) is 30.8 Å². The van der Waals surface area contributed by atoms with E-state index in [1.807, 2.05) is 12.3 Å². The highest BCUT2D eigenvalue weighted by Crippen LogP contribution is 2.33. The first-order valence-corrected chi connectivity index (χ1v) is 6.88. The van der Waals surface area contributed by atoms with Crippen molar-refractivity contribution in [3.05, 3.63) is 41.3 Å². The zero-order valence-electron chi connectivity index (χ0n) is 12.1. The summed E-state index contributed by atoms with van der Waals surface area (Å²) in [6.07, 6.45) is 1.84. The van der Waals surface area contributed by atoms with Crippen LogP contribution in [0.5, 0.6) is 5.75 Å². The minimum atomic E-state index is 0.437. The second-order valence-electron chi connectivity index (χ2n) is 5.32. The SMILES string of the molecule is COc1c(C)cc(C)cc1-c1ccnc(C2CNC2)n1. The van der Waals surface area contributed by atoms with Crippen LogP contribution in [-0.4, -0.2) is 30.2 Å². The van der Waals surface area contributed by atoms with Crippen LogP contribution in [0.4, 0.5) is 0 Å². The molecule has 1 fully saturated rings.